The van der Waals surface area contributed by atoms with E-state index in [1.165, 1.54) is 24.3 Å². The zero-order valence-electron chi connectivity index (χ0n) is 8.43. The number of aliphatic hydroxyl groups is 1. The quantitative estimate of drug-likeness (QED) is 0.834. The lowest BCUT2D eigenvalue weighted by Crippen LogP contribution is -2.34. The molecule has 1 aliphatic rings. The van der Waals surface area contributed by atoms with Crippen molar-refractivity contribution in [1.82, 2.24) is 0 Å². The first-order chi connectivity index (χ1) is 7.40. The summed E-state index contributed by atoms with van der Waals surface area (Å²) < 4.78 is 24.1. The number of sulfone groups is 1. The van der Waals surface area contributed by atoms with Crippen molar-refractivity contribution in [3.05, 3.63) is 29.3 Å². The van der Waals surface area contributed by atoms with Gasteiger partial charge in [-0.1, -0.05) is 11.6 Å². The van der Waals surface area contributed by atoms with Crippen LogP contribution in [0.15, 0.2) is 29.2 Å². The first-order valence-electron chi connectivity index (χ1n) is 4.79. The fraction of sp³-hybridized carbons (Fsp3) is 0.400. The Kier molecular flexibility index (Phi) is 2.74. The van der Waals surface area contributed by atoms with Crippen LogP contribution >= 0.6 is 11.6 Å². The van der Waals surface area contributed by atoms with E-state index < -0.39 is 20.6 Å². The highest BCUT2D eigenvalue weighted by Crippen LogP contribution is 2.42. The summed E-state index contributed by atoms with van der Waals surface area (Å²) in [5, 5.41) is 8.77. The number of halogens is 1. The molecule has 0 aromatic heterocycles. The van der Waals surface area contributed by atoms with E-state index in [0.717, 1.165) is 0 Å². The Labute approximate surface area is 98.9 Å². The molecule has 0 spiro atoms. The van der Waals surface area contributed by atoms with Gasteiger partial charge in [-0.05, 0) is 30.7 Å². The topological polar surface area (TPSA) is 80.4 Å². The van der Waals surface area contributed by atoms with Crippen LogP contribution in [0, 0.1) is 0 Å². The van der Waals surface area contributed by atoms with Gasteiger partial charge in [0.1, 0.15) is 0 Å². The summed E-state index contributed by atoms with van der Waals surface area (Å²) in [5.74, 6) is 0. The molecule has 0 saturated heterocycles. The summed E-state index contributed by atoms with van der Waals surface area (Å²) in [6, 6.07) is 5.95. The molecule has 1 fully saturated rings. The average molecular weight is 262 g/mol. The van der Waals surface area contributed by atoms with Crippen molar-refractivity contribution in [1.29, 1.82) is 0 Å². The van der Waals surface area contributed by atoms with E-state index in [4.69, 9.17) is 22.4 Å². The summed E-state index contributed by atoms with van der Waals surface area (Å²) >= 11 is 5.68. The zero-order valence-corrected chi connectivity index (χ0v) is 10.0. The smallest absolute Gasteiger partial charge is 0.183 e. The van der Waals surface area contributed by atoms with Gasteiger partial charge in [0.25, 0.3) is 0 Å². The molecule has 16 heavy (non-hydrogen) atoms. The fourth-order valence-corrected chi connectivity index (χ4v) is 3.85. The van der Waals surface area contributed by atoms with Gasteiger partial charge >= 0.3 is 0 Å². The second kappa shape index (κ2) is 3.70. The van der Waals surface area contributed by atoms with Crippen LogP contribution in [-0.4, -0.2) is 30.9 Å². The molecule has 4 nitrogen and oxygen atoms in total. The highest BCUT2D eigenvalue weighted by molar-refractivity contribution is 7.92. The molecule has 2 rings (SSSR count). The Morgan fingerprint density at radius 1 is 1.44 bits per heavy atom. The van der Waals surface area contributed by atoms with Crippen LogP contribution in [0.1, 0.15) is 6.42 Å². The average Bonchev–Trinajstić information content (AvgIpc) is 2.93. The Morgan fingerprint density at radius 3 is 2.44 bits per heavy atom. The largest absolute Gasteiger partial charge is 0.394 e. The lowest BCUT2D eigenvalue weighted by molar-refractivity contribution is 0.257. The minimum Gasteiger partial charge on any atom is -0.394 e. The minimum atomic E-state index is -3.45. The third kappa shape index (κ3) is 1.84. The van der Waals surface area contributed by atoms with E-state index in [9.17, 15) is 8.42 Å². The van der Waals surface area contributed by atoms with Crippen LogP contribution in [0.3, 0.4) is 0 Å². The van der Waals surface area contributed by atoms with Crippen molar-refractivity contribution in [2.24, 2.45) is 5.73 Å². The summed E-state index contributed by atoms with van der Waals surface area (Å²) in [6.45, 7) is -0.315. The molecular formula is C10H12ClNO3S. The monoisotopic (exact) mass is 261 g/mol. The van der Waals surface area contributed by atoms with Crippen LogP contribution in [0.4, 0.5) is 0 Å². The Morgan fingerprint density at radius 2 is 2.00 bits per heavy atom. The van der Waals surface area contributed by atoms with Gasteiger partial charge < -0.3 is 10.8 Å². The fourth-order valence-electron chi connectivity index (χ4n) is 1.66. The van der Waals surface area contributed by atoms with E-state index in [0.29, 0.717) is 11.4 Å². The van der Waals surface area contributed by atoms with Crippen molar-refractivity contribution >= 4 is 21.4 Å². The number of hydrogen-bond acceptors (Lipinski definition) is 4. The number of aliphatic hydroxyl groups excluding tert-OH is 1. The molecule has 0 unspecified atom stereocenters. The van der Waals surface area contributed by atoms with Crippen LogP contribution in [0.5, 0.6) is 0 Å². The van der Waals surface area contributed by atoms with E-state index in [1.54, 1.807) is 0 Å². The molecule has 2 atom stereocenters. The van der Waals surface area contributed by atoms with E-state index in [-0.39, 0.29) is 11.5 Å². The van der Waals surface area contributed by atoms with Gasteiger partial charge in [-0.15, -0.1) is 0 Å². The van der Waals surface area contributed by atoms with E-state index >= 15 is 0 Å². The third-order valence-corrected chi connectivity index (χ3v) is 5.42. The van der Waals surface area contributed by atoms with E-state index in [1.807, 2.05) is 0 Å². The van der Waals surface area contributed by atoms with Crippen LogP contribution in [0.25, 0.3) is 0 Å². The molecule has 1 aliphatic carbocycles. The molecular weight excluding hydrogens is 250 g/mol. The first-order valence-corrected chi connectivity index (χ1v) is 6.72. The molecule has 0 bridgehead atoms. The van der Waals surface area contributed by atoms with Gasteiger partial charge in [0.05, 0.1) is 22.3 Å². The Hall–Kier alpha value is -0.620. The van der Waals surface area contributed by atoms with Crippen molar-refractivity contribution in [2.75, 3.05) is 6.61 Å². The van der Waals surface area contributed by atoms with Crippen LogP contribution < -0.4 is 5.73 Å². The summed E-state index contributed by atoms with van der Waals surface area (Å²) in [7, 11) is -3.45. The van der Waals surface area contributed by atoms with Crippen molar-refractivity contribution in [2.45, 2.75) is 22.1 Å². The number of benzene rings is 1. The van der Waals surface area contributed by atoms with Crippen molar-refractivity contribution < 1.29 is 13.5 Å². The highest BCUT2D eigenvalue weighted by Gasteiger charge is 2.58. The molecule has 88 valence electrons. The van der Waals surface area contributed by atoms with E-state index in [2.05, 4.69) is 0 Å². The van der Waals surface area contributed by atoms with Gasteiger partial charge in [0, 0.05) is 5.02 Å². The molecule has 0 radical (unpaired) electrons. The molecule has 1 aromatic carbocycles. The number of nitrogens with two attached hydrogens (primary N) is 1. The third-order valence-electron chi connectivity index (χ3n) is 2.86. The number of rotatable bonds is 3. The van der Waals surface area contributed by atoms with Crippen molar-refractivity contribution in [3.63, 3.8) is 0 Å². The van der Waals surface area contributed by atoms with Crippen LogP contribution in [-0.2, 0) is 9.84 Å². The summed E-state index contributed by atoms with van der Waals surface area (Å²) in [4.78, 5) is 0.197. The molecule has 1 aromatic rings. The lowest BCUT2D eigenvalue weighted by atomic mass is 10.3. The van der Waals surface area contributed by atoms with Gasteiger partial charge in [-0.2, -0.15) is 0 Å². The molecule has 0 amide bonds. The van der Waals surface area contributed by atoms with Crippen molar-refractivity contribution in [3.8, 4) is 0 Å². The predicted octanol–water partition coefficient (Wildman–Crippen LogP) is 0.576. The maximum atomic E-state index is 12.0. The Bertz CT molecular complexity index is 499. The van der Waals surface area contributed by atoms with Gasteiger partial charge in [0.2, 0.25) is 0 Å². The second-order valence-electron chi connectivity index (χ2n) is 4.08. The molecule has 1 saturated carbocycles. The maximum Gasteiger partial charge on any atom is 0.183 e. The maximum absolute atomic E-state index is 12.0. The summed E-state index contributed by atoms with van der Waals surface area (Å²) in [5.41, 5.74) is 4.71. The number of hydrogen-bond donors (Lipinski definition) is 2. The highest BCUT2D eigenvalue weighted by atomic mass is 35.5. The Balaban J connectivity index is 2.31. The summed E-state index contributed by atoms with van der Waals surface area (Å²) in [6.07, 6.45) is 0.300. The molecule has 3 N–H and O–H groups in total. The van der Waals surface area contributed by atoms with Crippen LogP contribution in [0.2, 0.25) is 5.02 Å². The first kappa shape index (κ1) is 11.9. The zero-order chi connectivity index (χ0) is 12.0. The molecule has 0 aliphatic heterocycles. The SMILES string of the molecule is N[C@]1(CO)C[C@@H]1S(=O)(=O)c1ccc(Cl)cc1. The van der Waals surface area contributed by atoms with Gasteiger partial charge in [-0.3, -0.25) is 0 Å². The standard InChI is InChI=1S/C10H12ClNO3S/c11-7-1-3-8(4-2-7)16(14,15)9-5-10(9,12)6-13/h1-4,9,13H,5-6,12H2/t9-,10-/m0/s1. The normalized spacial score (nSPS) is 29.1. The molecule has 6 heteroatoms. The van der Waals surface area contributed by atoms with Gasteiger partial charge in [-0.25, -0.2) is 8.42 Å². The second-order valence-corrected chi connectivity index (χ2v) is 6.65. The minimum absolute atomic E-state index is 0.197. The van der Waals surface area contributed by atoms with Gasteiger partial charge in [0.15, 0.2) is 9.84 Å². The predicted molar refractivity (Wildman–Crippen MR) is 61.0 cm³/mol. The molecule has 0 heterocycles. The lowest BCUT2D eigenvalue weighted by Gasteiger charge is -2.08.